The van der Waals surface area contributed by atoms with E-state index in [1.54, 1.807) is 7.05 Å². The van der Waals surface area contributed by atoms with Crippen molar-refractivity contribution in [3.63, 3.8) is 0 Å². The van der Waals surface area contributed by atoms with Gasteiger partial charge in [-0.2, -0.15) is 0 Å². The van der Waals surface area contributed by atoms with Crippen LogP contribution < -0.4 is 10.7 Å². The molecule has 2 aromatic rings. The van der Waals surface area contributed by atoms with Crippen LogP contribution >= 0.6 is 0 Å². The van der Waals surface area contributed by atoms with Gasteiger partial charge < -0.3 is 19.9 Å². The van der Waals surface area contributed by atoms with Gasteiger partial charge in [0.15, 0.2) is 5.43 Å². The summed E-state index contributed by atoms with van der Waals surface area (Å²) in [6.07, 6.45) is 2.13. The Morgan fingerprint density at radius 1 is 1.16 bits per heavy atom. The first kappa shape index (κ1) is 23.5. The number of likely N-dealkylation sites (N-methyl/N-ethyl adjacent to an activating group) is 1. The second kappa shape index (κ2) is 9.15. The van der Waals surface area contributed by atoms with Crippen molar-refractivity contribution < 1.29 is 27.9 Å². The molecule has 1 aliphatic rings. The van der Waals surface area contributed by atoms with Gasteiger partial charge in [-0.05, 0) is 19.8 Å². The molecule has 172 valence electrons. The number of nitrogens with zero attached hydrogens (tertiary/aromatic N) is 2. The normalized spacial score (nSPS) is 18.0. The molecule has 0 saturated carbocycles. The van der Waals surface area contributed by atoms with E-state index >= 15 is 0 Å². The standard InChI is InChI=1S/C22H24F3N3O4/c1-4-17-18(5-6-29)28-10-14(20(30)11(2)19(28)22(32)27(17)3)21(31)26-9-13-15(24)7-12(23)8-16(13)25/h7-8,10,17-18,29H,4-6,9H2,1-3H3,(H,26,31)/t17-,18-/m1/s1. The topological polar surface area (TPSA) is 91.6 Å². The molecule has 10 heteroatoms. The molecule has 1 aliphatic heterocycles. The van der Waals surface area contributed by atoms with Crippen molar-refractivity contribution in [3.05, 3.63) is 68.4 Å². The van der Waals surface area contributed by atoms with Crippen molar-refractivity contribution in [1.29, 1.82) is 0 Å². The highest BCUT2D eigenvalue weighted by Crippen LogP contribution is 2.31. The van der Waals surface area contributed by atoms with Gasteiger partial charge in [-0.15, -0.1) is 0 Å². The fourth-order valence-electron chi connectivity index (χ4n) is 4.24. The second-order valence-corrected chi connectivity index (χ2v) is 7.75. The fraction of sp³-hybridized carbons (Fsp3) is 0.409. The zero-order valence-electron chi connectivity index (χ0n) is 17.9. The molecule has 2 atom stereocenters. The van der Waals surface area contributed by atoms with E-state index in [2.05, 4.69) is 5.32 Å². The van der Waals surface area contributed by atoms with Crippen molar-refractivity contribution in [2.45, 2.75) is 45.3 Å². The van der Waals surface area contributed by atoms with Gasteiger partial charge >= 0.3 is 0 Å². The first-order chi connectivity index (χ1) is 15.1. The molecular formula is C22H24F3N3O4. The minimum absolute atomic E-state index is 0.0612. The van der Waals surface area contributed by atoms with Gasteiger partial charge in [0, 0.05) is 49.7 Å². The van der Waals surface area contributed by atoms with Crippen molar-refractivity contribution in [2.75, 3.05) is 13.7 Å². The number of aliphatic hydroxyl groups excluding tert-OH is 1. The second-order valence-electron chi connectivity index (χ2n) is 7.75. The highest BCUT2D eigenvalue weighted by molar-refractivity contribution is 5.98. The number of fused-ring (bicyclic) bond motifs is 1. The molecule has 0 saturated heterocycles. The molecule has 1 aromatic carbocycles. The maximum absolute atomic E-state index is 13.9. The third-order valence-corrected chi connectivity index (χ3v) is 5.91. The van der Waals surface area contributed by atoms with Crippen molar-refractivity contribution in [1.82, 2.24) is 14.8 Å². The van der Waals surface area contributed by atoms with Crippen LogP contribution in [0.3, 0.4) is 0 Å². The number of hydrogen-bond donors (Lipinski definition) is 2. The van der Waals surface area contributed by atoms with Crippen LogP contribution in [0.1, 0.15) is 57.8 Å². The minimum atomic E-state index is -1.16. The SMILES string of the molecule is CC[C@@H]1[C@@H](CCO)n2cc(C(=O)NCc3c(F)cc(F)cc3F)c(=O)c(C)c2C(=O)N1C. The summed E-state index contributed by atoms with van der Waals surface area (Å²) in [5.41, 5.74) is -1.34. The number of hydrogen-bond acceptors (Lipinski definition) is 4. The van der Waals surface area contributed by atoms with Gasteiger partial charge in [-0.25, -0.2) is 13.2 Å². The van der Waals surface area contributed by atoms with Crippen LogP contribution in [0, 0.1) is 24.4 Å². The minimum Gasteiger partial charge on any atom is -0.396 e. The molecular weight excluding hydrogens is 427 g/mol. The lowest BCUT2D eigenvalue weighted by Crippen LogP contribution is -2.50. The number of carbonyl (C=O) groups is 2. The van der Waals surface area contributed by atoms with E-state index in [-0.39, 0.29) is 41.4 Å². The maximum Gasteiger partial charge on any atom is 0.270 e. The average Bonchev–Trinajstić information content (AvgIpc) is 2.73. The summed E-state index contributed by atoms with van der Waals surface area (Å²) in [5, 5.41) is 11.8. The van der Waals surface area contributed by atoms with E-state index in [1.165, 1.54) is 22.6 Å². The maximum atomic E-state index is 13.9. The Morgan fingerprint density at radius 3 is 2.34 bits per heavy atom. The Balaban J connectivity index is 2.01. The largest absolute Gasteiger partial charge is 0.396 e. The summed E-state index contributed by atoms with van der Waals surface area (Å²) in [4.78, 5) is 40.0. The number of carbonyl (C=O) groups excluding carboxylic acids is 2. The van der Waals surface area contributed by atoms with Gasteiger partial charge in [0.25, 0.3) is 11.8 Å². The lowest BCUT2D eigenvalue weighted by Gasteiger charge is -2.42. The zero-order valence-corrected chi connectivity index (χ0v) is 17.9. The third-order valence-electron chi connectivity index (χ3n) is 5.91. The summed E-state index contributed by atoms with van der Waals surface area (Å²) < 4.78 is 42.4. The van der Waals surface area contributed by atoms with E-state index in [0.29, 0.717) is 25.0 Å². The van der Waals surface area contributed by atoms with Gasteiger partial charge in [0.2, 0.25) is 0 Å². The number of halogens is 3. The monoisotopic (exact) mass is 451 g/mol. The summed E-state index contributed by atoms with van der Waals surface area (Å²) in [7, 11) is 1.63. The molecule has 0 radical (unpaired) electrons. The quantitative estimate of drug-likeness (QED) is 0.705. The highest BCUT2D eigenvalue weighted by atomic mass is 19.1. The number of amides is 2. The predicted octanol–water partition coefficient (Wildman–Crippen LogP) is 2.29. The molecule has 7 nitrogen and oxygen atoms in total. The molecule has 0 aliphatic carbocycles. The molecule has 2 amide bonds. The number of nitrogens with one attached hydrogen (secondary N) is 1. The lowest BCUT2D eigenvalue weighted by atomic mass is 9.94. The molecule has 0 spiro atoms. The van der Waals surface area contributed by atoms with E-state index in [1.807, 2.05) is 6.92 Å². The molecule has 0 bridgehead atoms. The number of benzene rings is 1. The zero-order chi connectivity index (χ0) is 23.7. The average molecular weight is 451 g/mol. The molecule has 1 aromatic heterocycles. The molecule has 0 fully saturated rings. The number of aliphatic hydroxyl groups is 1. The summed E-state index contributed by atoms with van der Waals surface area (Å²) in [5.74, 6) is -4.68. The van der Waals surface area contributed by atoms with Gasteiger partial charge in [-0.1, -0.05) is 6.92 Å². The summed E-state index contributed by atoms with van der Waals surface area (Å²) in [6.45, 7) is 2.55. The van der Waals surface area contributed by atoms with Crippen molar-refractivity contribution >= 4 is 11.8 Å². The molecule has 0 unspecified atom stereocenters. The van der Waals surface area contributed by atoms with Crippen LogP contribution in [0.4, 0.5) is 13.2 Å². The fourth-order valence-corrected chi connectivity index (χ4v) is 4.24. The van der Waals surface area contributed by atoms with Crippen molar-refractivity contribution in [2.24, 2.45) is 0 Å². The lowest BCUT2D eigenvalue weighted by molar-refractivity contribution is 0.0547. The molecule has 3 rings (SSSR count). The van der Waals surface area contributed by atoms with Crippen LogP contribution in [-0.4, -0.2) is 46.1 Å². The smallest absolute Gasteiger partial charge is 0.270 e. The first-order valence-corrected chi connectivity index (χ1v) is 10.2. The Hall–Kier alpha value is -3.14. The molecule has 2 heterocycles. The van der Waals surface area contributed by atoms with Crippen molar-refractivity contribution in [3.8, 4) is 0 Å². The summed E-state index contributed by atoms with van der Waals surface area (Å²) >= 11 is 0. The predicted molar refractivity (Wildman–Crippen MR) is 110 cm³/mol. The highest BCUT2D eigenvalue weighted by Gasteiger charge is 2.38. The Morgan fingerprint density at radius 2 is 1.78 bits per heavy atom. The Labute approximate surface area is 182 Å². The van der Waals surface area contributed by atoms with Crippen LogP contribution in [-0.2, 0) is 6.54 Å². The first-order valence-electron chi connectivity index (χ1n) is 10.2. The number of rotatable bonds is 6. The van der Waals surface area contributed by atoms with E-state index in [4.69, 9.17) is 0 Å². The number of aromatic nitrogens is 1. The van der Waals surface area contributed by atoms with Gasteiger partial charge in [-0.3, -0.25) is 14.4 Å². The Kier molecular flexibility index (Phi) is 6.73. The van der Waals surface area contributed by atoms with Gasteiger partial charge in [0.05, 0.1) is 12.1 Å². The van der Waals surface area contributed by atoms with E-state index in [9.17, 15) is 32.7 Å². The van der Waals surface area contributed by atoms with Gasteiger partial charge in [0.1, 0.15) is 28.7 Å². The van der Waals surface area contributed by atoms with E-state index in [0.717, 1.165) is 0 Å². The van der Waals surface area contributed by atoms with Crippen LogP contribution in [0.5, 0.6) is 0 Å². The Bertz CT molecular complexity index is 1110. The molecule has 32 heavy (non-hydrogen) atoms. The van der Waals surface area contributed by atoms with Crippen LogP contribution in [0.15, 0.2) is 23.1 Å². The molecule has 2 N–H and O–H groups in total. The van der Waals surface area contributed by atoms with Crippen LogP contribution in [0.2, 0.25) is 0 Å². The third kappa shape index (κ3) is 4.02. The van der Waals surface area contributed by atoms with Crippen LogP contribution in [0.25, 0.3) is 0 Å². The van der Waals surface area contributed by atoms with E-state index < -0.39 is 40.9 Å². The number of pyridine rings is 1. The summed E-state index contributed by atoms with van der Waals surface area (Å²) in [6, 6.07) is 0.354.